The van der Waals surface area contributed by atoms with Gasteiger partial charge < -0.3 is 10.1 Å². The minimum absolute atomic E-state index is 0.0769. The Bertz CT molecular complexity index is 305. The van der Waals surface area contributed by atoms with Gasteiger partial charge in [0.05, 0.1) is 25.7 Å². The van der Waals surface area contributed by atoms with Crippen LogP contribution in [-0.4, -0.2) is 49.1 Å². The summed E-state index contributed by atoms with van der Waals surface area (Å²) in [7, 11) is 0. The van der Waals surface area contributed by atoms with E-state index in [-0.39, 0.29) is 24.3 Å². The van der Waals surface area contributed by atoms with Gasteiger partial charge in [0.25, 0.3) is 0 Å². The number of hydrogen-bond acceptors (Lipinski definition) is 4. The summed E-state index contributed by atoms with van der Waals surface area (Å²) in [6.45, 7) is 7.84. The second-order valence-corrected chi connectivity index (χ2v) is 4.28. The van der Waals surface area contributed by atoms with E-state index in [4.69, 9.17) is 4.74 Å². The number of rotatable bonds is 9. The summed E-state index contributed by atoms with van der Waals surface area (Å²) < 4.78 is 5.33. The van der Waals surface area contributed by atoms with E-state index in [1.165, 1.54) is 4.90 Å². The van der Waals surface area contributed by atoms with Crippen LogP contribution in [0.1, 0.15) is 26.2 Å². The molecule has 2 amide bonds. The lowest BCUT2D eigenvalue weighted by Crippen LogP contribution is -2.40. The Labute approximate surface area is 108 Å². The lowest BCUT2D eigenvalue weighted by Gasteiger charge is -2.14. The number of nitrogens with zero attached hydrogens (tertiary/aromatic N) is 1. The Morgan fingerprint density at radius 2 is 2.28 bits per heavy atom. The molecule has 0 radical (unpaired) electrons. The highest BCUT2D eigenvalue weighted by molar-refractivity contribution is 6.05. The van der Waals surface area contributed by atoms with E-state index < -0.39 is 0 Å². The van der Waals surface area contributed by atoms with Crippen molar-refractivity contribution in [3.05, 3.63) is 12.7 Å². The van der Waals surface area contributed by atoms with Crippen molar-refractivity contribution in [2.24, 2.45) is 0 Å². The van der Waals surface area contributed by atoms with Gasteiger partial charge >= 0.3 is 0 Å². The molecule has 1 N–H and O–H groups in total. The maximum absolute atomic E-state index is 11.9. The predicted molar refractivity (Wildman–Crippen MR) is 69.1 cm³/mol. The van der Waals surface area contributed by atoms with Gasteiger partial charge in [-0.15, -0.1) is 6.58 Å². The molecule has 1 unspecified atom stereocenters. The highest BCUT2D eigenvalue weighted by Gasteiger charge is 2.37. The van der Waals surface area contributed by atoms with Crippen LogP contribution in [0.15, 0.2) is 12.7 Å². The number of amides is 2. The molecule has 18 heavy (non-hydrogen) atoms. The molecule has 0 saturated carbocycles. The molecule has 1 atom stereocenters. The molecule has 5 nitrogen and oxygen atoms in total. The number of carbonyl (C=O) groups excluding carboxylic acids is 2. The monoisotopic (exact) mass is 254 g/mol. The number of hydrogen-bond donors (Lipinski definition) is 1. The molecule has 1 rings (SSSR count). The first kappa shape index (κ1) is 14.9. The van der Waals surface area contributed by atoms with Crippen molar-refractivity contribution in [3.63, 3.8) is 0 Å². The molecule has 1 fully saturated rings. The minimum Gasteiger partial charge on any atom is -0.380 e. The lowest BCUT2D eigenvalue weighted by atomic mass is 10.2. The molecule has 102 valence electrons. The highest BCUT2D eigenvalue weighted by Crippen LogP contribution is 2.13. The molecular formula is C13H22N2O3. The van der Waals surface area contributed by atoms with Crippen molar-refractivity contribution < 1.29 is 14.3 Å². The maximum atomic E-state index is 11.9. The number of ether oxygens (including phenoxy) is 1. The van der Waals surface area contributed by atoms with Crippen molar-refractivity contribution in [2.75, 3.05) is 26.3 Å². The standard InChI is InChI=1S/C13H22N2O3/c1-3-5-8-18-9-6-14-11-10-12(16)15(7-4-2)13(11)17/h3,11,14H,1,4-10H2,2H3. The third-order valence-electron chi connectivity index (χ3n) is 2.79. The average molecular weight is 254 g/mol. The molecule has 0 aromatic heterocycles. The molecule has 1 aliphatic heterocycles. The second kappa shape index (κ2) is 8.00. The van der Waals surface area contributed by atoms with Crippen LogP contribution in [0.25, 0.3) is 0 Å². The van der Waals surface area contributed by atoms with Crippen molar-refractivity contribution in [1.29, 1.82) is 0 Å². The van der Waals surface area contributed by atoms with Crippen LogP contribution >= 0.6 is 0 Å². The Morgan fingerprint density at radius 3 is 2.94 bits per heavy atom. The Kier molecular flexibility index (Phi) is 6.60. The maximum Gasteiger partial charge on any atom is 0.246 e. The number of nitrogens with one attached hydrogen (secondary N) is 1. The van der Waals surface area contributed by atoms with Crippen LogP contribution in [-0.2, 0) is 14.3 Å². The smallest absolute Gasteiger partial charge is 0.246 e. The molecule has 0 bridgehead atoms. The SMILES string of the molecule is C=CCCOCCNC1CC(=O)N(CCC)C1=O. The van der Waals surface area contributed by atoms with Crippen molar-refractivity contribution in [1.82, 2.24) is 10.2 Å². The normalized spacial score (nSPS) is 19.6. The van der Waals surface area contributed by atoms with E-state index in [0.29, 0.717) is 26.3 Å². The average Bonchev–Trinajstić information content (AvgIpc) is 2.62. The van der Waals surface area contributed by atoms with E-state index in [1.807, 2.05) is 6.92 Å². The second-order valence-electron chi connectivity index (χ2n) is 4.28. The van der Waals surface area contributed by atoms with Crippen LogP contribution in [0.4, 0.5) is 0 Å². The quantitative estimate of drug-likeness (QED) is 0.374. The summed E-state index contributed by atoms with van der Waals surface area (Å²) in [5.74, 6) is -0.181. The van der Waals surface area contributed by atoms with Gasteiger partial charge in [0.2, 0.25) is 11.8 Å². The summed E-state index contributed by atoms with van der Waals surface area (Å²) in [5, 5.41) is 3.06. The van der Waals surface area contributed by atoms with Gasteiger partial charge in [0, 0.05) is 13.1 Å². The van der Waals surface area contributed by atoms with Crippen molar-refractivity contribution >= 4 is 11.8 Å². The van der Waals surface area contributed by atoms with Crippen LogP contribution in [0.3, 0.4) is 0 Å². The van der Waals surface area contributed by atoms with Gasteiger partial charge in [-0.2, -0.15) is 0 Å². The molecule has 0 aromatic carbocycles. The van der Waals surface area contributed by atoms with Crippen LogP contribution in [0, 0.1) is 0 Å². The first-order valence-electron chi connectivity index (χ1n) is 6.47. The fourth-order valence-corrected chi connectivity index (χ4v) is 1.88. The van der Waals surface area contributed by atoms with Crippen molar-refractivity contribution in [3.8, 4) is 0 Å². The lowest BCUT2D eigenvalue weighted by molar-refractivity contribution is -0.138. The van der Waals surface area contributed by atoms with Gasteiger partial charge in [0.1, 0.15) is 0 Å². The van der Waals surface area contributed by atoms with E-state index >= 15 is 0 Å². The molecule has 1 aliphatic rings. The van der Waals surface area contributed by atoms with Gasteiger partial charge in [-0.3, -0.25) is 14.5 Å². The predicted octanol–water partition coefficient (Wildman–Crippen LogP) is 0.706. The molecule has 1 heterocycles. The minimum atomic E-state index is -0.368. The Hall–Kier alpha value is -1.20. The van der Waals surface area contributed by atoms with Crippen molar-refractivity contribution in [2.45, 2.75) is 32.2 Å². The molecule has 1 saturated heterocycles. The number of carbonyl (C=O) groups is 2. The van der Waals surface area contributed by atoms with Gasteiger partial charge in [-0.05, 0) is 12.8 Å². The first-order chi connectivity index (χ1) is 8.70. The Morgan fingerprint density at radius 1 is 1.50 bits per heavy atom. The zero-order chi connectivity index (χ0) is 13.4. The number of imide groups is 1. The first-order valence-corrected chi connectivity index (χ1v) is 6.47. The fraction of sp³-hybridized carbons (Fsp3) is 0.692. The summed E-state index contributed by atoms with van der Waals surface area (Å²) in [4.78, 5) is 24.8. The molecule has 0 spiro atoms. The van der Waals surface area contributed by atoms with Gasteiger partial charge in [-0.1, -0.05) is 13.0 Å². The summed E-state index contributed by atoms with van der Waals surface area (Å²) in [5.41, 5.74) is 0. The van der Waals surface area contributed by atoms with Gasteiger partial charge in [0.15, 0.2) is 0 Å². The third kappa shape index (κ3) is 4.23. The largest absolute Gasteiger partial charge is 0.380 e. The van der Waals surface area contributed by atoms with E-state index in [9.17, 15) is 9.59 Å². The zero-order valence-electron chi connectivity index (χ0n) is 11.0. The Balaban J connectivity index is 2.21. The highest BCUT2D eigenvalue weighted by atomic mass is 16.5. The van der Waals surface area contributed by atoms with Gasteiger partial charge in [-0.25, -0.2) is 0 Å². The third-order valence-corrected chi connectivity index (χ3v) is 2.79. The summed E-state index contributed by atoms with van der Waals surface area (Å²) >= 11 is 0. The number of likely N-dealkylation sites (tertiary alicyclic amines) is 1. The summed E-state index contributed by atoms with van der Waals surface area (Å²) in [6, 6.07) is -0.368. The zero-order valence-corrected chi connectivity index (χ0v) is 11.0. The molecule has 0 aliphatic carbocycles. The van der Waals surface area contributed by atoms with E-state index in [0.717, 1.165) is 12.8 Å². The molecule has 5 heteroatoms. The van der Waals surface area contributed by atoms with Crippen LogP contribution < -0.4 is 5.32 Å². The van der Waals surface area contributed by atoms with Crippen LogP contribution in [0.2, 0.25) is 0 Å². The molecule has 0 aromatic rings. The van der Waals surface area contributed by atoms with Crippen LogP contribution in [0.5, 0.6) is 0 Å². The van der Waals surface area contributed by atoms with E-state index in [2.05, 4.69) is 11.9 Å². The fourth-order valence-electron chi connectivity index (χ4n) is 1.88. The summed E-state index contributed by atoms with van der Waals surface area (Å²) in [6.07, 6.45) is 3.70. The molecular weight excluding hydrogens is 232 g/mol. The van der Waals surface area contributed by atoms with E-state index in [1.54, 1.807) is 6.08 Å². The topological polar surface area (TPSA) is 58.6 Å².